The highest BCUT2D eigenvalue weighted by Crippen LogP contribution is 2.35. The Balaban J connectivity index is 1.64. The largest absolute Gasteiger partial charge is 0.340 e. The third-order valence-electron chi connectivity index (χ3n) is 3.99. The number of amides is 1. The number of hydrogen-bond donors (Lipinski definition) is 0. The second-order valence-corrected chi connectivity index (χ2v) is 6.18. The molecular formula is C15H17F2N5O. The second-order valence-electron chi connectivity index (χ2n) is 6.18. The summed E-state index contributed by atoms with van der Waals surface area (Å²) in [7, 11) is 0. The number of nitrogens with zero attached hydrogens (tertiary/aromatic N) is 5. The highest BCUT2D eigenvalue weighted by atomic mass is 19.3. The molecule has 122 valence electrons. The molecule has 1 fully saturated rings. The minimum atomic E-state index is -2.35. The van der Waals surface area contributed by atoms with Crippen molar-refractivity contribution in [2.45, 2.75) is 26.3 Å². The maximum Gasteiger partial charge on any atom is 0.244 e. The van der Waals surface area contributed by atoms with Gasteiger partial charge in [-0.1, -0.05) is 37.3 Å². The van der Waals surface area contributed by atoms with Crippen molar-refractivity contribution in [2.24, 2.45) is 5.41 Å². The Labute approximate surface area is 132 Å². The summed E-state index contributed by atoms with van der Waals surface area (Å²) in [6, 6.07) is 9.32. The van der Waals surface area contributed by atoms with Gasteiger partial charge < -0.3 is 4.90 Å². The maximum absolute atomic E-state index is 12.5. The monoisotopic (exact) mass is 321 g/mol. The van der Waals surface area contributed by atoms with Crippen LogP contribution < -0.4 is 0 Å². The summed E-state index contributed by atoms with van der Waals surface area (Å²) in [5.41, 5.74) is 0.323. The number of carbonyl (C=O) groups excluding carboxylic acids is 1. The summed E-state index contributed by atoms with van der Waals surface area (Å²) in [4.78, 5) is 13.8. The summed E-state index contributed by atoms with van der Waals surface area (Å²) in [6.45, 7) is 2.47. The molecule has 1 amide bonds. The molecule has 0 unspecified atom stereocenters. The molecule has 1 aliphatic rings. The van der Waals surface area contributed by atoms with Crippen molar-refractivity contribution in [2.75, 3.05) is 13.1 Å². The Hall–Kier alpha value is -2.38. The van der Waals surface area contributed by atoms with Crippen LogP contribution in [-0.4, -0.2) is 50.5 Å². The van der Waals surface area contributed by atoms with Gasteiger partial charge in [0.2, 0.25) is 12.3 Å². The van der Waals surface area contributed by atoms with E-state index < -0.39 is 11.8 Å². The Morgan fingerprint density at radius 3 is 2.65 bits per heavy atom. The molecule has 6 nitrogen and oxygen atoms in total. The van der Waals surface area contributed by atoms with E-state index in [1.807, 2.05) is 30.3 Å². The van der Waals surface area contributed by atoms with E-state index >= 15 is 0 Å². The molecule has 2 heterocycles. The van der Waals surface area contributed by atoms with E-state index in [2.05, 4.69) is 15.5 Å². The molecule has 0 spiro atoms. The first kappa shape index (κ1) is 15.5. The number of aromatic nitrogens is 4. The van der Waals surface area contributed by atoms with E-state index in [1.54, 1.807) is 11.8 Å². The third-order valence-corrected chi connectivity index (χ3v) is 3.99. The van der Waals surface area contributed by atoms with Gasteiger partial charge in [0.25, 0.3) is 0 Å². The van der Waals surface area contributed by atoms with Crippen LogP contribution in [0.3, 0.4) is 0 Å². The average molecular weight is 321 g/mol. The van der Waals surface area contributed by atoms with E-state index in [9.17, 15) is 13.6 Å². The van der Waals surface area contributed by atoms with Crippen molar-refractivity contribution in [3.8, 4) is 11.4 Å². The van der Waals surface area contributed by atoms with Crippen LogP contribution in [0.2, 0.25) is 0 Å². The standard InChI is InChI=1S/C15H17F2N5O/c1-15(7-12(16)17)9-21(10-15)13(23)8-22-14(18-19-20-22)11-5-3-2-4-6-11/h2-6,12H,7-10H2,1H3. The Bertz CT molecular complexity index is 682. The molecule has 1 saturated heterocycles. The molecule has 0 aliphatic carbocycles. The van der Waals surface area contributed by atoms with Gasteiger partial charge in [0.1, 0.15) is 6.54 Å². The molecule has 0 radical (unpaired) electrons. The first-order valence-electron chi connectivity index (χ1n) is 7.34. The van der Waals surface area contributed by atoms with Crippen molar-refractivity contribution in [3.63, 3.8) is 0 Å². The quantitative estimate of drug-likeness (QED) is 0.843. The number of carbonyl (C=O) groups is 1. The highest BCUT2D eigenvalue weighted by Gasteiger charge is 2.43. The molecule has 8 heteroatoms. The molecular weight excluding hydrogens is 304 g/mol. The summed E-state index contributed by atoms with van der Waals surface area (Å²) >= 11 is 0. The lowest BCUT2D eigenvalue weighted by Crippen LogP contribution is -2.58. The van der Waals surface area contributed by atoms with Gasteiger partial charge in [0.15, 0.2) is 5.82 Å². The van der Waals surface area contributed by atoms with Crippen molar-refractivity contribution < 1.29 is 13.6 Å². The number of halogens is 2. The van der Waals surface area contributed by atoms with Gasteiger partial charge in [-0.3, -0.25) is 4.79 Å². The van der Waals surface area contributed by atoms with Gasteiger partial charge in [-0.05, 0) is 10.4 Å². The lowest BCUT2D eigenvalue weighted by atomic mass is 9.79. The molecule has 1 aromatic heterocycles. The maximum atomic E-state index is 12.5. The lowest BCUT2D eigenvalue weighted by molar-refractivity contribution is -0.145. The molecule has 0 bridgehead atoms. The van der Waals surface area contributed by atoms with Crippen LogP contribution in [0.15, 0.2) is 30.3 Å². The SMILES string of the molecule is CC1(CC(F)F)CN(C(=O)Cn2nnnc2-c2ccccc2)C1. The molecule has 0 saturated carbocycles. The van der Waals surface area contributed by atoms with Gasteiger partial charge in [0.05, 0.1) is 0 Å². The van der Waals surface area contributed by atoms with Crippen LogP contribution in [-0.2, 0) is 11.3 Å². The van der Waals surface area contributed by atoms with Gasteiger partial charge in [-0.15, -0.1) is 5.10 Å². The average Bonchev–Trinajstić information content (AvgIpc) is 2.93. The predicted molar refractivity (Wildman–Crippen MR) is 78.6 cm³/mol. The number of tetrazole rings is 1. The molecule has 0 N–H and O–H groups in total. The molecule has 23 heavy (non-hydrogen) atoms. The summed E-state index contributed by atoms with van der Waals surface area (Å²) in [5, 5.41) is 11.4. The van der Waals surface area contributed by atoms with E-state index in [0.717, 1.165) is 5.56 Å². The number of alkyl halides is 2. The van der Waals surface area contributed by atoms with E-state index in [4.69, 9.17) is 0 Å². The van der Waals surface area contributed by atoms with Crippen LogP contribution in [0.25, 0.3) is 11.4 Å². The van der Waals surface area contributed by atoms with Crippen LogP contribution >= 0.6 is 0 Å². The Kier molecular flexibility index (Phi) is 4.06. The topological polar surface area (TPSA) is 63.9 Å². The minimum Gasteiger partial charge on any atom is -0.340 e. The van der Waals surface area contributed by atoms with Crippen molar-refractivity contribution in [3.05, 3.63) is 30.3 Å². The Morgan fingerprint density at radius 1 is 1.30 bits per heavy atom. The zero-order chi connectivity index (χ0) is 16.4. The molecule has 3 rings (SSSR count). The van der Waals surface area contributed by atoms with Gasteiger partial charge in [-0.25, -0.2) is 13.5 Å². The first-order valence-corrected chi connectivity index (χ1v) is 7.34. The third kappa shape index (κ3) is 3.35. The van der Waals surface area contributed by atoms with E-state index in [-0.39, 0.29) is 18.9 Å². The fourth-order valence-corrected chi connectivity index (χ4v) is 2.89. The van der Waals surface area contributed by atoms with Crippen LogP contribution in [0.5, 0.6) is 0 Å². The fourth-order valence-electron chi connectivity index (χ4n) is 2.89. The van der Waals surface area contributed by atoms with Crippen molar-refractivity contribution >= 4 is 5.91 Å². The van der Waals surface area contributed by atoms with Crippen molar-refractivity contribution in [1.82, 2.24) is 25.1 Å². The lowest BCUT2D eigenvalue weighted by Gasteiger charge is -2.48. The van der Waals surface area contributed by atoms with E-state index in [1.165, 1.54) is 4.68 Å². The Morgan fingerprint density at radius 2 is 2.00 bits per heavy atom. The van der Waals surface area contributed by atoms with Crippen LogP contribution in [0, 0.1) is 5.41 Å². The zero-order valence-electron chi connectivity index (χ0n) is 12.7. The summed E-state index contributed by atoms with van der Waals surface area (Å²) in [5.74, 6) is 0.344. The minimum absolute atomic E-state index is 0.00197. The van der Waals surface area contributed by atoms with Gasteiger partial charge in [-0.2, -0.15) is 0 Å². The number of hydrogen-bond acceptors (Lipinski definition) is 4. The number of rotatable bonds is 5. The zero-order valence-corrected chi connectivity index (χ0v) is 12.7. The van der Waals surface area contributed by atoms with Crippen LogP contribution in [0.4, 0.5) is 8.78 Å². The molecule has 0 atom stereocenters. The van der Waals surface area contributed by atoms with Gasteiger partial charge in [0, 0.05) is 30.5 Å². The predicted octanol–water partition coefficient (Wildman–Crippen LogP) is 1.84. The number of likely N-dealkylation sites (tertiary alicyclic amines) is 1. The normalized spacial score (nSPS) is 16.4. The first-order chi connectivity index (χ1) is 11.0. The smallest absolute Gasteiger partial charge is 0.244 e. The van der Waals surface area contributed by atoms with Crippen molar-refractivity contribution in [1.29, 1.82) is 0 Å². The van der Waals surface area contributed by atoms with Crippen LogP contribution in [0.1, 0.15) is 13.3 Å². The summed E-state index contributed by atoms with van der Waals surface area (Å²) in [6.07, 6.45) is -2.53. The molecule has 1 aromatic carbocycles. The highest BCUT2D eigenvalue weighted by molar-refractivity contribution is 5.77. The number of benzene rings is 1. The molecule has 1 aliphatic heterocycles. The second kappa shape index (κ2) is 6.02. The van der Waals surface area contributed by atoms with Gasteiger partial charge >= 0.3 is 0 Å². The van der Waals surface area contributed by atoms with E-state index in [0.29, 0.717) is 18.9 Å². The fraction of sp³-hybridized carbons (Fsp3) is 0.467. The molecule has 2 aromatic rings. The summed E-state index contributed by atoms with van der Waals surface area (Å²) < 4.78 is 26.4.